The van der Waals surface area contributed by atoms with Crippen molar-refractivity contribution in [3.05, 3.63) is 29.8 Å². The molecule has 0 radical (unpaired) electrons. The Morgan fingerprint density at radius 1 is 1.32 bits per heavy atom. The van der Waals surface area contributed by atoms with Gasteiger partial charge in [-0.2, -0.15) is 5.48 Å². The van der Waals surface area contributed by atoms with Gasteiger partial charge in [0.25, 0.3) is 5.79 Å². The third-order valence-electron chi connectivity index (χ3n) is 3.18. The zero-order valence-electron chi connectivity index (χ0n) is 11.1. The summed E-state index contributed by atoms with van der Waals surface area (Å²) in [5.74, 6) is -1.17. The molecule has 1 aliphatic heterocycles. The molecule has 1 aromatic rings. The van der Waals surface area contributed by atoms with Crippen LogP contribution in [0, 0.1) is 0 Å². The summed E-state index contributed by atoms with van der Waals surface area (Å²) in [6.45, 7) is 0. The molecule has 1 fully saturated rings. The van der Waals surface area contributed by atoms with Gasteiger partial charge in [0, 0.05) is 13.5 Å². The van der Waals surface area contributed by atoms with E-state index >= 15 is 0 Å². The molecule has 2 atom stereocenters. The van der Waals surface area contributed by atoms with Gasteiger partial charge in [-0.15, -0.1) is 0 Å². The van der Waals surface area contributed by atoms with Gasteiger partial charge in [0.2, 0.25) is 0 Å². The Morgan fingerprint density at radius 3 is 2.53 bits per heavy atom. The zero-order valence-corrected chi connectivity index (χ0v) is 11.1. The van der Waals surface area contributed by atoms with Crippen LogP contribution in [-0.4, -0.2) is 33.1 Å². The number of carbonyl (C=O) groups excluding carboxylic acids is 1. The highest BCUT2D eigenvalue weighted by Crippen LogP contribution is 2.34. The van der Waals surface area contributed by atoms with Crippen molar-refractivity contribution in [3.8, 4) is 5.75 Å². The molecule has 6 nitrogen and oxygen atoms in total. The number of hydrogen-bond acceptors (Lipinski definition) is 6. The first-order valence-corrected chi connectivity index (χ1v) is 5.86. The Kier molecular flexibility index (Phi) is 4.04. The second kappa shape index (κ2) is 5.56. The van der Waals surface area contributed by atoms with Gasteiger partial charge in [0.05, 0.1) is 20.3 Å². The van der Waals surface area contributed by atoms with E-state index in [4.69, 9.17) is 19.0 Å². The first-order valence-electron chi connectivity index (χ1n) is 5.86. The number of benzene rings is 1. The molecule has 0 amide bonds. The number of nitrogens with one attached hydrogen (secondary N) is 1. The third kappa shape index (κ3) is 2.56. The van der Waals surface area contributed by atoms with Gasteiger partial charge >= 0.3 is 5.97 Å². The second-order valence-electron chi connectivity index (χ2n) is 4.20. The van der Waals surface area contributed by atoms with Crippen molar-refractivity contribution >= 4 is 5.97 Å². The Morgan fingerprint density at radius 2 is 2.00 bits per heavy atom. The fraction of sp³-hybridized carbons (Fsp3) is 0.462. The quantitative estimate of drug-likeness (QED) is 0.826. The van der Waals surface area contributed by atoms with Gasteiger partial charge in [-0.1, -0.05) is 12.1 Å². The number of esters is 1. The summed E-state index contributed by atoms with van der Waals surface area (Å²) < 4.78 is 15.0. The predicted octanol–water partition coefficient (Wildman–Crippen LogP) is 1.18. The summed E-state index contributed by atoms with van der Waals surface area (Å²) in [6, 6.07) is 7.36. The third-order valence-corrected chi connectivity index (χ3v) is 3.18. The van der Waals surface area contributed by atoms with E-state index in [1.807, 2.05) is 24.3 Å². The summed E-state index contributed by atoms with van der Waals surface area (Å²) >= 11 is 0. The average molecular weight is 267 g/mol. The molecule has 1 N–H and O–H groups in total. The van der Waals surface area contributed by atoms with Gasteiger partial charge in [0.15, 0.2) is 0 Å². The van der Waals surface area contributed by atoms with Crippen LogP contribution in [0.3, 0.4) is 0 Å². The molecular formula is C13H17NO5. The van der Waals surface area contributed by atoms with Gasteiger partial charge in [0.1, 0.15) is 5.75 Å². The number of rotatable bonds is 4. The summed E-state index contributed by atoms with van der Waals surface area (Å²) in [4.78, 5) is 17.0. The van der Waals surface area contributed by atoms with Crippen molar-refractivity contribution in [3.63, 3.8) is 0 Å². The van der Waals surface area contributed by atoms with Crippen LogP contribution in [0.15, 0.2) is 24.3 Å². The molecule has 1 aliphatic rings. The first-order chi connectivity index (χ1) is 9.15. The van der Waals surface area contributed by atoms with Crippen molar-refractivity contribution in [1.29, 1.82) is 0 Å². The monoisotopic (exact) mass is 267 g/mol. The number of carbonyl (C=O) groups is 1. The molecule has 0 unspecified atom stereocenters. The fourth-order valence-corrected chi connectivity index (χ4v) is 2.03. The van der Waals surface area contributed by atoms with E-state index in [1.165, 1.54) is 14.2 Å². The highest BCUT2D eigenvalue weighted by atomic mass is 16.8. The molecule has 19 heavy (non-hydrogen) atoms. The molecule has 1 saturated heterocycles. The van der Waals surface area contributed by atoms with E-state index in [9.17, 15) is 4.79 Å². The van der Waals surface area contributed by atoms with Crippen LogP contribution in [0.25, 0.3) is 0 Å². The van der Waals surface area contributed by atoms with E-state index in [2.05, 4.69) is 5.48 Å². The Hall–Kier alpha value is -1.63. The van der Waals surface area contributed by atoms with Crippen molar-refractivity contribution in [2.24, 2.45) is 0 Å². The molecule has 0 bridgehead atoms. The van der Waals surface area contributed by atoms with E-state index in [0.29, 0.717) is 6.42 Å². The van der Waals surface area contributed by atoms with Crippen LogP contribution < -0.4 is 10.2 Å². The highest BCUT2D eigenvalue weighted by Gasteiger charge is 2.49. The minimum absolute atomic E-state index is 0.148. The Labute approximate surface area is 111 Å². The molecule has 104 valence electrons. The predicted molar refractivity (Wildman–Crippen MR) is 66.3 cm³/mol. The lowest BCUT2D eigenvalue weighted by Crippen LogP contribution is -2.41. The summed E-state index contributed by atoms with van der Waals surface area (Å²) in [6.07, 6.45) is 0.336. The number of methoxy groups -OCH3 is 3. The smallest absolute Gasteiger partial charge is 0.368 e. The maximum absolute atomic E-state index is 11.7. The van der Waals surface area contributed by atoms with Crippen molar-refractivity contribution in [2.45, 2.75) is 18.2 Å². The van der Waals surface area contributed by atoms with E-state index in [-0.39, 0.29) is 6.04 Å². The molecule has 1 aromatic carbocycles. The molecule has 0 aliphatic carbocycles. The molecular weight excluding hydrogens is 250 g/mol. The van der Waals surface area contributed by atoms with Crippen LogP contribution in [-0.2, 0) is 19.1 Å². The van der Waals surface area contributed by atoms with Crippen LogP contribution >= 0.6 is 0 Å². The molecule has 1 heterocycles. The average Bonchev–Trinajstić information content (AvgIpc) is 2.92. The Bertz CT molecular complexity index is 447. The van der Waals surface area contributed by atoms with Crippen molar-refractivity contribution < 1.29 is 23.8 Å². The van der Waals surface area contributed by atoms with E-state index in [0.717, 1.165) is 11.3 Å². The topological polar surface area (TPSA) is 66.0 Å². The highest BCUT2D eigenvalue weighted by molar-refractivity contribution is 5.78. The number of ether oxygens (including phenoxy) is 3. The summed E-state index contributed by atoms with van der Waals surface area (Å²) in [5, 5.41) is 0. The minimum Gasteiger partial charge on any atom is -0.497 e. The second-order valence-corrected chi connectivity index (χ2v) is 4.20. The molecule has 2 rings (SSSR count). The normalized spacial score (nSPS) is 26.2. The molecule has 0 spiro atoms. The molecule has 0 saturated carbocycles. The largest absolute Gasteiger partial charge is 0.497 e. The minimum atomic E-state index is -1.39. The standard InChI is InChI=1S/C13H17NO5/c1-16-10-6-4-9(5-7-10)11-8-13(18-3,19-14-11)12(15)17-2/h4-7,11,14H,8H2,1-3H3/t11-,13-/m1/s1. The van der Waals surface area contributed by atoms with Gasteiger partial charge < -0.3 is 14.2 Å². The molecule has 0 aromatic heterocycles. The molecule has 6 heteroatoms. The van der Waals surface area contributed by atoms with Gasteiger partial charge in [-0.3, -0.25) is 4.84 Å². The van der Waals surface area contributed by atoms with Crippen LogP contribution in [0.1, 0.15) is 18.0 Å². The van der Waals surface area contributed by atoms with Crippen LogP contribution in [0.4, 0.5) is 0 Å². The zero-order chi connectivity index (χ0) is 13.9. The maximum Gasteiger partial charge on any atom is 0.368 e. The lowest BCUT2D eigenvalue weighted by molar-refractivity contribution is -0.235. The fourth-order valence-electron chi connectivity index (χ4n) is 2.03. The van der Waals surface area contributed by atoms with Crippen molar-refractivity contribution in [2.75, 3.05) is 21.3 Å². The van der Waals surface area contributed by atoms with E-state index < -0.39 is 11.8 Å². The first kappa shape index (κ1) is 13.8. The summed E-state index contributed by atoms with van der Waals surface area (Å²) in [5.41, 5.74) is 3.78. The maximum atomic E-state index is 11.7. The van der Waals surface area contributed by atoms with E-state index in [1.54, 1.807) is 7.11 Å². The SMILES string of the molecule is COC(=O)[C@@]1(OC)C[C@H](c2ccc(OC)cc2)NO1. The Balaban J connectivity index is 2.14. The van der Waals surface area contributed by atoms with Gasteiger partial charge in [-0.05, 0) is 17.7 Å². The number of hydroxylamine groups is 1. The lowest BCUT2D eigenvalue weighted by Gasteiger charge is -2.21. The number of hydrogen-bond donors (Lipinski definition) is 1. The van der Waals surface area contributed by atoms with Crippen LogP contribution in [0.5, 0.6) is 5.75 Å². The van der Waals surface area contributed by atoms with Gasteiger partial charge in [-0.25, -0.2) is 4.79 Å². The lowest BCUT2D eigenvalue weighted by atomic mass is 10.0. The summed E-state index contributed by atoms with van der Waals surface area (Å²) in [7, 11) is 4.32. The van der Waals surface area contributed by atoms with Crippen molar-refractivity contribution in [1.82, 2.24) is 5.48 Å². The van der Waals surface area contributed by atoms with Crippen LogP contribution in [0.2, 0.25) is 0 Å².